The average molecular weight is 296 g/mol. The molecule has 2 rings (SSSR count). The topological polar surface area (TPSA) is 52.0 Å². The van der Waals surface area contributed by atoms with Crippen molar-refractivity contribution in [3.63, 3.8) is 0 Å². The lowest BCUT2D eigenvalue weighted by molar-refractivity contribution is 0.913. The van der Waals surface area contributed by atoms with Crippen molar-refractivity contribution in [3.8, 4) is 11.1 Å². The number of rotatable bonds is 5. The van der Waals surface area contributed by atoms with Gasteiger partial charge in [-0.2, -0.15) is 0 Å². The second-order valence-electron chi connectivity index (χ2n) is 6.23. The average Bonchev–Trinajstić information content (AvgIpc) is 2.47. The van der Waals surface area contributed by atoms with Crippen LogP contribution in [0, 0.1) is 13.8 Å². The molecule has 0 aliphatic carbocycles. The molecule has 0 aliphatic rings. The summed E-state index contributed by atoms with van der Waals surface area (Å²) in [6.07, 6.45) is 4.34. The molecule has 0 aromatic heterocycles. The molecular weight excluding hydrogens is 268 g/mol. The third kappa shape index (κ3) is 3.27. The first-order valence-electron chi connectivity index (χ1n) is 8.26. The first kappa shape index (κ1) is 16.4. The van der Waals surface area contributed by atoms with Gasteiger partial charge in [-0.1, -0.05) is 26.7 Å². The lowest BCUT2D eigenvalue weighted by atomic mass is 9.88. The van der Waals surface area contributed by atoms with Crippen LogP contribution < -0.4 is 11.5 Å². The minimum atomic E-state index is 0.886. The minimum Gasteiger partial charge on any atom is -0.399 e. The molecule has 22 heavy (non-hydrogen) atoms. The molecule has 0 radical (unpaired) electrons. The summed E-state index contributed by atoms with van der Waals surface area (Å²) >= 11 is 0. The van der Waals surface area contributed by atoms with E-state index in [2.05, 4.69) is 52.0 Å². The van der Waals surface area contributed by atoms with Gasteiger partial charge < -0.3 is 11.5 Å². The Morgan fingerprint density at radius 1 is 0.682 bits per heavy atom. The highest BCUT2D eigenvalue weighted by Crippen LogP contribution is 2.34. The molecule has 118 valence electrons. The van der Waals surface area contributed by atoms with Crippen LogP contribution in [0.25, 0.3) is 11.1 Å². The molecule has 0 atom stereocenters. The summed E-state index contributed by atoms with van der Waals surface area (Å²) < 4.78 is 0. The van der Waals surface area contributed by atoms with Gasteiger partial charge in [0.2, 0.25) is 0 Å². The summed E-state index contributed by atoms with van der Waals surface area (Å²) in [5.74, 6) is 0. The third-order valence-electron chi connectivity index (χ3n) is 4.31. The van der Waals surface area contributed by atoms with Gasteiger partial charge in [0.25, 0.3) is 0 Å². The van der Waals surface area contributed by atoms with Gasteiger partial charge in [0.1, 0.15) is 0 Å². The largest absolute Gasteiger partial charge is 0.399 e. The fourth-order valence-corrected chi connectivity index (χ4v) is 3.00. The van der Waals surface area contributed by atoms with Gasteiger partial charge in [-0.15, -0.1) is 0 Å². The maximum absolute atomic E-state index is 6.13. The van der Waals surface area contributed by atoms with Crippen LogP contribution in [-0.4, -0.2) is 0 Å². The Balaban J connectivity index is 2.69. The highest BCUT2D eigenvalue weighted by molar-refractivity contribution is 5.77. The molecular formula is C20H28N2. The lowest BCUT2D eigenvalue weighted by Gasteiger charge is -2.17. The van der Waals surface area contributed by atoms with Crippen molar-refractivity contribution in [2.75, 3.05) is 11.5 Å². The van der Waals surface area contributed by atoms with Crippen LogP contribution >= 0.6 is 0 Å². The number of benzene rings is 2. The van der Waals surface area contributed by atoms with Gasteiger partial charge in [0.15, 0.2) is 0 Å². The van der Waals surface area contributed by atoms with E-state index in [0.29, 0.717) is 0 Å². The van der Waals surface area contributed by atoms with Crippen LogP contribution in [0.2, 0.25) is 0 Å². The Morgan fingerprint density at radius 2 is 1.05 bits per heavy atom. The van der Waals surface area contributed by atoms with Crippen molar-refractivity contribution in [1.82, 2.24) is 0 Å². The summed E-state index contributed by atoms with van der Waals surface area (Å²) in [5, 5.41) is 0. The van der Waals surface area contributed by atoms with Crippen LogP contribution in [0.3, 0.4) is 0 Å². The summed E-state index contributed by atoms with van der Waals surface area (Å²) in [5.41, 5.74) is 21.6. The summed E-state index contributed by atoms with van der Waals surface area (Å²) in [6.45, 7) is 8.58. The van der Waals surface area contributed by atoms with Crippen molar-refractivity contribution in [2.45, 2.75) is 53.4 Å². The summed E-state index contributed by atoms with van der Waals surface area (Å²) in [7, 11) is 0. The fraction of sp³-hybridized carbons (Fsp3) is 0.400. The predicted molar refractivity (Wildman–Crippen MR) is 98.2 cm³/mol. The Kier molecular flexibility index (Phi) is 5.12. The van der Waals surface area contributed by atoms with Crippen LogP contribution in [0.1, 0.15) is 48.9 Å². The van der Waals surface area contributed by atoms with E-state index >= 15 is 0 Å². The molecule has 0 saturated carbocycles. The van der Waals surface area contributed by atoms with E-state index in [4.69, 9.17) is 11.5 Å². The first-order chi connectivity index (χ1) is 10.5. The molecule has 2 aromatic carbocycles. The van der Waals surface area contributed by atoms with Gasteiger partial charge in [-0.3, -0.25) is 0 Å². The molecule has 0 heterocycles. The zero-order valence-electron chi connectivity index (χ0n) is 14.3. The van der Waals surface area contributed by atoms with E-state index in [1.807, 2.05) is 0 Å². The second-order valence-corrected chi connectivity index (χ2v) is 6.23. The van der Waals surface area contributed by atoms with Crippen LogP contribution in [0.5, 0.6) is 0 Å². The van der Waals surface area contributed by atoms with E-state index in [1.54, 1.807) is 0 Å². The standard InChI is InChI=1S/C20H28N2/c1-5-7-15-11-19(21)13(3)9-17(15)18-10-14(4)20(22)12-16(18)8-6-2/h9-12H,5-8,21-22H2,1-4H3. The number of nitrogen functional groups attached to an aromatic ring is 2. The van der Waals surface area contributed by atoms with E-state index in [9.17, 15) is 0 Å². The van der Waals surface area contributed by atoms with Crippen LogP contribution in [0.15, 0.2) is 24.3 Å². The number of nitrogens with two attached hydrogens (primary N) is 2. The van der Waals surface area contributed by atoms with Crippen molar-refractivity contribution < 1.29 is 0 Å². The molecule has 2 aromatic rings. The Labute approximate surface area is 134 Å². The number of hydrogen-bond donors (Lipinski definition) is 2. The van der Waals surface area contributed by atoms with Gasteiger partial charge in [0, 0.05) is 11.4 Å². The van der Waals surface area contributed by atoms with Crippen LogP contribution in [-0.2, 0) is 12.8 Å². The summed E-state index contributed by atoms with van der Waals surface area (Å²) in [6, 6.07) is 8.78. The monoisotopic (exact) mass is 296 g/mol. The molecule has 0 saturated heterocycles. The van der Waals surface area contributed by atoms with E-state index < -0.39 is 0 Å². The molecule has 0 amide bonds. The Morgan fingerprint density at radius 3 is 1.36 bits per heavy atom. The van der Waals surface area contributed by atoms with Gasteiger partial charge in [0.05, 0.1) is 0 Å². The summed E-state index contributed by atoms with van der Waals surface area (Å²) in [4.78, 5) is 0. The van der Waals surface area contributed by atoms with Gasteiger partial charge in [-0.25, -0.2) is 0 Å². The fourth-order valence-electron chi connectivity index (χ4n) is 3.00. The lowest BCUT2D eigenvalue weighted by Crippen LogP contribution is -2.01. The highest BCUT2D eigenvalue weighted by atomic mass is 14.6. The maximum Gasteiger partial charge on any atom is 0.0346 e. The second kappa shape index (κ2) is 6.87. The predicted octanol–water partition coefficient (Wildman–Crippen LogP) is 5.04. The highest BCUT2D eigenvalue weighted by Gasteiger charge is 2.13. The zero-order chi connectivity index (χ0) is 16.3. The molecule has 0 bridgehead atoms. The molecule has 0 fully saturated rings. The van der Waals surface area contributed by atoms with Crippen molar-refractivity contribution in [3.05, 3.63) is 46.5 Å². The smallest absolute Gasteiger partial charge is 0.0346 e. The number of hydrogen-bond acceptors (Lipinski definition) is 2. The normalized spacial score (nSPS) is 10.9. The van der Waals surface area contributed by atoms with Crippen molar-refractivity contribution >= 4 is 11.4 Å². The molecule has 0 spiro atoms. The van der Waals surface area contributed by atoms with E-state index in [1.165, 1.54) is 22.3 Å². The third-order valence-corrected chi connectivity index (χ3v) is 4.31. The number of anilines is 2. The maximum atomic E-state index is 6.13. The van der Waals surface area contributed by atoms with Gasteiger partial charge >= 0.3 is 0 Å². The molecule has 4 N–H and O–H groups in total. The molecule has 2 nitrogen and oxygen atoms in total. The SMILES string of the molecule is CCCc1cc(N)c(C)cc1-c1cc(C)c(N)cc1CCC. The molecule has 0 unspecified atom stereocenters. The Hall–Kier alpha value is -1.96. The van der Waals surface area contributed by atoms with Crippen molar-refractivity contribution in [2.24, 2.45) is 0 Å². The Bertz CT molecular complexity index is 612. The molecule has 2 heteroatoms. The zero-order valence-corrected chi connectivity index (χ0v) is 14.3. The minimum absolute atomic E-state index is 0.886. The van der Waals surface area contributed by atoms with E-state index in [-0.39, 0.29) is 0 Å². The quantitative estimate of drug-likeness (QED) is 0.759. The van der Waals surface area contributed by atoms with Gasteiger partial charge in [-0.05, 0) is 84.3 Å². The number of aryl methyl sites for hydroxylation is 4. The van der Waals surface area contributed by atoms with E-state index in [0.717, 1.165) is 48.2 Å². The van der Waals surface area contributed by atoms with Crippen molar-refractivity contribution in [1.29, 1.82) is 0 Å². The molecule has 0 aliphatic heterocycles. The first-order valence-corrected chi connectivity index (χ1v) is 8.26. The van der Waals surface area contributed by atoms with Crippen LogP contribution in [0.4, 0.5) is 11.4 Å².